The Morgan fingerprint density at radius 3 is 2.40 bits per heavy atom. The van der Waals surface area contributed by atoms with E-state index in [2.05, 4.69) is 0 Å². The third-order valence-electron chi connectivity index (χ3n) is 3.57. The van der Waals surface area contributed by atoms with Crippen molar-refractivity contribution in [2.45, 2.75) is 50.2 Å². The van der Waals surface area contributed by atoms with Crippen LogP contribution in [-0.4, -0.2) is 40.6 Å². The Balaban J connectivity index is 1.89. The summed E-state index contributed by atoms with van der Waals surface area (Å²) < 4.78 is 0. The summed E-state index contributed by atoms with van der Waals surface area (Å²) in [6.45, 7) is 1.10. The zero-order valence-corrected chi connectivity index (χ0v) is 9.11. The number of amides is 1. The van der Waals surface area contributed by atoms with Crippen LogP contribution in [0.3, 0.4) is 0 Å². The third-order valence-corrected chi connectivity index (χ3v) is 3.57. The first-order chi connectivity index (χ1) is 7.11. The zero-order chi connectivity index (χ0) is 10.9. The number of carbonyl (C=O) groups excluding carboxylic acids is 1. The molecule has 2 aliphatic rings. The predicted molar refractivity (Wildman–Crippen MR) is 57.2 cm³/mol. The second kappa shape index (κ2) is 4.10. The molecule has 1 saturated carbocycles. The second-order valence-electron chi connectivity index (χ2n) is 4.96. The van der Waals surface area contributed by atoms with Crippen molar-refractivity contribution in [1.82, 2.24) is 4.90 Å². The minimum Gasteiger partial charge on any atom is -0.388 e. The van der Waals surface area contributed by atoms with Gasteiger partial charge in [0.2, 0.25) is 5.91 Å². The van der Waals surface area contributed by atoms with Crippen molar-refractivity contribution in [3.8, 4) is 0 Å². The third kappa shape index (κ3) is 2.32. The summed E-state index contributed by atoms with van der Waals surface area (Å²) in [5.74, 6) is -0.00679. The average Bonchev–Trinajstić information content (AvgIpc) is 2.43. The van der Waals surface area contributed by atoms with Gasteiger partial charge in [0.15, 0.2) is 0 Å². The fourth-order valence-electron chi connectivity index (χ4n) is 2.57. The van der Waals surface area contributed by atoms with E-state index in [1.807, 2.05) is 0 Å². The molecule has 4 heteroatoms. The fourth-order valence-corrected chi connectivity index (χ4v) is 2.57. The van der Waals surface area contributed by atoms with Crippen molar-refractivity contribution in [3.05, 3.63) is 0 Å². The van der Waals surface area contributed by atoms with Crippen LogP contribution in [0.1, 0.15) is 38.5 Å². The molecule has 4 nitrogen and oxygen atoms in total. The summed E-state index contributed by atoms with van der Waals surface area (Å²) in [6, 6.07) is -0.320. The molecule has 1 aliphatic carbocycles. The molecule has 15 heavy (non-hydrogen) atoms. The first-order valence-electron chi connectivity index (χ1n) is 5.87. The SMILES string of the molecule is NC1CN(CC2(O)CCCCCC2)C1=O. The lowest BCUT2D eigenvalue weighted by Crippen LogP contribution is -2.64. The highest BCUT2D eigenvalue weighted by atomic mass is 16.3. The summed E-state index contributed by atoms with van der Waals surface area (Å²) in [5, 5.41) is 10.4. The van der Waals surface area contributed by atoms with Crippen LogP contribution < -0.4 is 5.73 Å². The average molecular weight is 212 g/mol. The van der Waals surface area contributed by atoms with Gasteiger partial charge in [0, 0.05) is 13.1 Å². The molecule has 0 spiro atoms. The molecule has 1 heterocycles. The Bertz CT molecular complexity index is 247. The first-order valence-corrected chi connectivity index (χ1v) is 5.87. The van der Waals surface area contributed by atoms with Crippen molar-refractivity contribution in [2.75, 3.05) is 13.1 Å². The maximum Gasteiger partial charge on any atom is 0.241 e. The van der Waals surface area contributed by atoms with Crippen LogP contribution in [0, 0.1) is 0 Å². The largest absolute Gasteiger partial charge is 0.388 e. The Morgan fingerprint density at radius 1 is 1.33 bits per heavy atom. The number of aliphatic hydroxyl groups is 1. The molecule has 2 fully saturated rings. The minimum absolute atomic E-state index is 0.00679. The van der Waals surface area contributed by atoms with Crippen LogP contribution in [0.2, 0.25) is 0 Å². The van der Waals surface area contributed by atoms with Crippen molar-refractivity contribution in [1.29, 1.82) is 0 Å². The second-order valence-corrected chi connectivity index (χ2v) is 4.96. The number of β-lactam (4-membered cyclic amide) rings is 1. The molecule has 3 N–H and O–H groups in total. The van der Waals surface area contributed by atoms with Gasteiger partial charge in [-0.1, -0.05) is 25.7 Å². The van der Waals surface area contributed by atoms with E-state index in [9.17, 15) is 9.90 Å². The van der Waals surface area contributed by atoms with Gasteiger partial charge in [-0.25, -0.2) is 0 Å². The standard InChI is InChI=1S/C11H20N2O2/c12-9-7-13(10(9)14)8-11(15)5-3-1-2-4-6-11/h9,15H,1-8,12H2. The predicted octanol–water partition coefficient (Wildman–Crippen LogP) is 0.241. The molecule has 0 aromatic rings. The number of β-amino-alcohol motifs (C(OH)–C–C–N with tert-alkyl or cyclic N) is 1. The number of hydrogen-bond acceptors (Lipinski definition) is 3. The molecular formula is C11H20N2O2. The highest BCUT2D eigenvalue weighted by Crippen LogP contribution is 2.29. The van der Waals surface area contributed by atoms with Crippen molar-refractivity contribution < 1.29 is 9.90 Å². The van der Waals surface area contributed by atoms with E-state index >= 15 is 0 Å². The van der Waals surface area contributed by atoms with E-state index in [-0.39, 0.29) is 11.9 Å². The number of likely N-dealkylation sites (tertiary alicyclic amines) is 1. The smallest absolute Gasteiger partial charge is 0.241 e. The van der Waals surface area contributed by atoms with Crippen LogP contribution in [0.5, 0.6) is 0 Å². The summed E-state index contributed by atoms with van der Waals surface area (Å²) in [7, 11) is 0. The van der Waals surface area contributed by atoms with Crippen molar-refractivity contribution in [2.24, 2.45) is 5.73 Å². The van der Waals surface area contributed by atoms with Gasteiger partial charge in [0.1, 0.15) is 6.04 Å². The molecule has 0 radical (unpaired) electrons. The summed E-state index contributed by atoms with van der Waals surface area (Å²) in [6.07, 6.45) is 6.21. The Labute approximate surface area is 90.4 Å². The lowest BCUT2D eigenvalue weighted by atomic mass is 9.92. The molecule has 86 valence electrons. The van der Waals surface area contributed by atoms with Gasteiger partial charge >= 0.3 is 0 Å². The summed E-state index contributed by atoms with van der Waals surface area (Å²) >= 11 is 0. The maximum atomic E-state index is 11.4. The topological polar surface area (TPSA) is 66.6 Å². The van der Waals surface area contributed by atoms with E-state index in [1.54, 1.807) is 4.90 Å². The molecular weight excluding hydrogens is 192 g/mol. The van der Waals surface area contributed by atoms with Crippen LogP contribution in [0.15, 0.2) is 0 Å². The monoisotopic (exact) mass is 212 g/mol. The zero-order valence-electron chi connectivity index (χ0n) is 9.11. The highest BCUT2D eigenvalue weighted by molar-refractivity contribution is 5.87. The van der Waals surface area contributed by atoms with E-state index < -0.39 is 5.60 Å². The molecule has 0 aromatic carbocycles. The van der Waals surface area contributed by atoms with Crippen LogP contribution in [0.4, 0.5) is 0 Å². The molecule has 1 saturated heterocycles. The van der Waals surface area contributed by atoms with E-state index in [1.165, 1.54) is 12.8 Å². The lowest BCUT2D eigenvalue weighted by Gasteiger charge is -2.41. The number of nitrogens with two attached hydrogens (primary N) is 1. The van der Waals surface area contributed by atoms with Crippen LogP contribution >= 0.6 is 0 Å². The van der Waals surface area contributed by atoms with E-state index in [4.69, 9.17) is 5.73 Å². The van der Waals surface area contributed by atoms with Crippen LogP contribution in [-0.2, 0) is 4.79 Å². The molecule has 2 rings (SSSR count). The van der Waals surface area contributed by atoms with Gasteiger partial charge in [0.25, 0.3) is 0 Å². The van der Waals surface area contributed by atoms with E-state index in [0.717, 1.165) is 25.7 Å². The van der Waals surface area contributed by atoms with Gasteiger partial charge in [-0.2, -0.15) is 0 Å². The van der Waals surface area contributed by atoms with Gasteiger partial charge in [0.05, 0.1) is 5.60 Å². The Kier molecular flexibility index (Phi) is 2.98. The number of carbonyl (C=O) groups is 1. The number of rotatable bonds is 2. The number of hydrogen-bond donors (Lipinski definition) is 2. The Morgan fingerprint density at radius 2 is 1.93 bits per heavy atom. The Hall–Kier alpha value is -0.610. The highest BCUT2D eigenvalue weighted by Gasteiger charge is 2.39. The molecule has 0 bridgehead atoms. The van der Waals surface area contributed by atoms with Gasteiger partial charge < -0.3 is 15.7 Å². The normalized spacial score (nSPS) is 30.9. The van der Waals surface area contributed by atoms with Crippen molar-refractivity contribution >= 4 is 5.91 Å². The maximum absolute atomic E-state index is 11.4. The quantitative estimate of drug-likeness (QED) is 0.509. The lowest BCUT2D eigenvalue weighted by molar-refractivity contribution is -0.147. The summed E-state index contributed by atoms with van der Waals surface area (Å²) in [5.41, 5.74) is 4.87. The van der Waals surface area contributed by atoms with E-state index in [0.29, 0.717) is 13.1 Å². The molecule has 0 aromatic heterocycles. The van der Waals surface area contributed by atoms with Gasteiger partial charge in [-0.05, 0) is 12.8 Å². The van der Waals surface area contributed by atoms with Crippen molar-refractivity contribution in [3.63, 3.8) is 0 Å². The minimum atomic E-state index is -0.647. The molecule has 1 unspecified atom stereocenters. The molecule has 1 amide bonds. The first kappa shape index (κ1) is 10.9. The van der Waals surface area contributed by atoms with Gasteiger partial charge in [-0.15, -0.1) is 0 Å². The summed E-state index contributed by atoms with van der Waals surface area (Å²) in [4.78, 5) is 13.0. The molecule has 1 atom stereocenters. The number of nitrogens with zero attached hydrogens (tertiary/aromatic N) is 1. The molecule has 1 aliphatic heterocycles. The fraction of sp³-hybridized carbons (Fsp3) is 0.909. The van der Waals surface area contributed by atoms with Crippen LogP contribution in [0.25, 0.3) is 0 Å². The van der Waals surface area contributed by atoms with Gasteiger partial charge in [-0.3, -0.25) is 4.79 Å².